The summed E-state index contributed by atoms with van der Waals surface area (Å²) in [5, 5.41) is 11.6. The van der Waals surface area contributed by atoms with Crippen molar-refractivity contribution in [2.24, 2.45) is 0 Å². The van der Waals surface area contributed by atoms with E-state index in [4.69, 9.17) is 5.11 Å². The van der Waals surface area contributed by atoms with Crippen LogP contribution < -0.4 is 5.32 Å². The lowest BCUT2D eigenvalue weighted by molar-refractivity contribution is 0.0696. The number of carboxylic acids is 1. The lowest BCUT2D eigenvalue weighted by Gasteiger charge is -2.09. The Balaban J connectivity index is 2.30. The molecule has 0 aliphatic carbocycles. The third-order valence-corrected chi connectivity index (χ3v) is 3.40. The van der Waals surface area contributed by atoms with E-state index in [9.17, 15) is 9.59 Å². The molecule has 6 heteroatoms. The van der Waals surface area contributed by atoms with Gasteiger partial charge < -0.3 is 10.4 Å². The van der Waals surface area contributed by atoms with Gasteiger partial charge in [0.25, 0.3) is 5.91 Å². The van der Waals surface area contributed by atoms with E-state index in [0.29, 0.717) is 21.4 Å². The summed E-state index contributed by atoms with van der Waals surface area (Å²) in [7, 11) is 0. The molecule has 1 aromatic carbocycles. The molecule has 0 aliphatic heterocycles. The number of anilines is 1. The van der Waals surface area contributed by atoms with E-state index in [1.807, 2.05) is 0 Å². The van der Waals surface area contributed by atoms with E-state index >= 15 is 0 Å². The minimum Gasteiger partial charge on any atom is -0.478 e. The maximum Gasteiger partial charge on any atom is 0.335 e. The van der Waals surface area contributed by atoms with Crippen LogP contribution in [0.1, 0.15) is 26.4 Å². The van der Waals surface area contributed by atoms with Crippen molar-refractivity contribution in [2.75, 3.05) is 5.32 Å². The normalized spacial score (nSPS) is 10.1. The number of nitrogens with zero attached hydrogens (tertiary/aromatic N) is 1. The van der Waals surface area contributed by atoms with Crippen LogP contribution in [0.4, 0.5) is 5.69 Å². The molecule has 2 rings (SSSR count). The summed E-state index contributed by atoms with van der Waals surface area (Å²) in [6.07, 6.45) is 1.60. The van der Waals surface area contributed by atoms with Crippen LogP contribution in [0.5, 0.6) is 0 Å². The number of carboxylic acid groups (broad SMARTS) is 1. The molecule has 20 heavy (non-hydrogen) atoms. The molecule has 2 N–H and O–H groups in total. The quantitative estimate of drug-likeness (QED) is 0.903. The zero-order chi connectivity index (χ0) is 14.7. The Hall–Kier alpha value is -2.21. The fourth-order valence-corrected chi connectivity index (χ4v) is 2.01. The number of carbonyl (C=O) groups is 2. The fraction of sp³-hybridized carbons (Fsp3) is 0.0714. The van der Waals surface area contributed by atoms with Crippen LogP contribution in [-0.4, -0.2) is 22.0 Å². The van der Waals surface area contributed by atoms with Gasteiger partial charge in [-0.05, 0) is 53.2 Å². The smallest absolute Gasteiger partial charge is 0.335 e. The Bertz CT molecular complexity index is 686. The molecule has 5 nitrogen and oxygen atoms in total. The molecular weight excluding hydrogens is 324 g/mol. The number of aryl methyl sites for hydroxylation is 1. The van der Waals surface area contributed by atoms with Crippen LogP contribution in [-0.2, 0) is 0 Å². The highest BCUT2D eigenvalue weighted by Gasteiger charge is 2.13. The molecule has 0 bridgehead atoms. The Morgan fingerprint density at radius 2 is 2.05 bits per heavy atom. The summed E-state index contributed by atoms with van der Waals surface area (Å²) >= 11 is 3.28. The Kier molecular flexibility index (Phi) is 4.14. The third-order valence-electron chi connectivity index (χ3n) is 2.71. The number of amides is 1. The fourth-order valence-electron chi connectivity index (χ4n) is 1.67. The molecular formula is C14H11BrN2O3. The molecule has 1 aromatic heterocycles. The number of aromatic carboxylic acids is 1. The highest BCUT2D eigenvalue weighted by Crippen LogP contribution is 2.24. The summed E-state index contributed by atoms with van der Waals surface area (Å²) in [5.74, 6) is -1.38. The van der Waals surface area contributed by atoms with Crippen LogP contribution in [0.25, 0.3) is 0 Å². The molecule has 0 unspecified atom stereocenters. The Labute approximate surface area is 123 Å². The summed E-state index contributed by atoms with van der Waals surface area (Å²) < 4.78 is 0.609. The molecule has 1 heterocycles. The van der Waals surface area contributed by atoms with Gasteiger partial charge in [-0.3, -0.25) is 9.78 Å². The lowest BCUT2D eigenvalue weighted by Crippen LogP contribution is -2.14. The van der Waals surface area contributed by atoms with Crippen molar-refractivity contribution in [3.8, 4) is 0 Å². The van der Waals surface area contributed by atoms with Gasteiger partial charge in [0.1, 0.15) is 0 Å². The molecule has 0 fully saturated rings. The predicted molar refractivity (Wildman–Crippen MR) is 78.0 cm³/mol. The standard InChI is InChI=1S/C14H11BrN2O3/c1-8-10(3-2-6-16-8)13(18)17-12-7-9(14(19)20)4-5-11(12)15/h2-7H,1H3,(H,17,18)(H,19,20). The average Bonchev–Trinajstić information content (AvgIpc) is 2.41. The second kappa shape index (κ2) is 5.83. The molecule has 0 saturated carbocycles. The maximum absolute atomic E-state index is 12.1. The molecule has 0 atom stereocenters. The number of rotatable bonds is 3. The van der Waals surface area contributed by atoms with E-state index < -0.39 is 5.97 Å². The summed E-state index contributed by atoms with van der Waals surface area (Å²) in [5.41, 5.74) is 1.56. The van der Waals surface area contributed by atoms with Gasteiger partial charge in [-0.15, -0.1) is 0 Å². The number of hydrogen-bond donors (Lipinski definition) is 2. The summed E-state index contributed by atoms with van der Waals surface area (Å²) in [6.45, 7) is 1.73. The van der Waals surface area contributed by atoms with Crippen LogP contribution in [0.2, 0.25) is 0 Å². The van der Waals surface area contributed by atoms with Gasteiger partial charge in [0.05, 0.1) is 16.8 Å². The molecule has 0 radical (unpaired) electrons. The van der Waals surface area contributed by atoms with E-state index in [-0.39, 0.29) is 11.5 Å². The molecule has 2 aromatic rings. The van der Waals surface area contributed by atoms with Crippen molar-refractivity contribution in [2.45, 2.75) is 6.92 Å². The van der Waals surface area contributed by atoms with Crippen LogP contribution in [0, 0.1) is 6.92 Å². The van der Waals surface area contributed by atoms with Crippen LogP contribution in [0.15, 0.2) is 41.0 Å². The van der Waals surface area contributed by atoms with E-state index in [0.717, 1.165) is 0 Å². The van der Waals surface area contributed by atoms with Gasteiger partial charge >= 0.3 is 5.97 Å². The third kappa shape index (κ3) is 3.03. The van der Waals surface area contributed by atoms with Gasteiger partial charge in [-0.1, -0.05) is 0 Å². The van der Waals surface area contributed by atoms with Gasteiger partial charge in [-0.2, -0.15) is 0 Å². The van der Waals surface area contributed by atoms with Crippen molar-refractivity contribution in [1.29, 1.82) is 0 Å². The SMILES string of the molecule is Cc1ncccc1C(=O)Nc1cc(C(=O)O)ccc1Br. The van der Waals surface area contributed by atoms with Crippen molar-refractivity contribution in [3.63, 3.8) is 0 Å². The molecule has 0 aliphatic rings. The molecule has 0 saturated heterocycles. The van der Waals surface area contributed by atoms with Crippen molar-refractivity contribution < 1.29 is 14.7 Å². The number of halogens is 1. The second-order valence-electron chi connectivity index (χ2n) is 4.09. The first kappa shape index (κ1) is 14.2. The minimum atomic E-state index is -1.05. The summed E-state index contributed by atoms with van der Waals surface area (Å²) in [4.78, 5) is 27.1. The lowest BCUT2D eigenvalue weighted by atomic mass is 10.1. The Morgan fingerprint density at radius 3 is 2.70 bits per heavy atom. The summed E-state index contributed by atoms with van der Waals surface area (Å²) in [6, 6.07) is 7.76. The second-order valence-corrected chi connectivity index (χ2v) is 4.94. The van der Waals surface area contributed by atoms with Gasteiger partial charge in [0, 0.05) is 16.4 Å². The number of nitrogens with one attached hydrogen (secondary N) is 1. The van der Waals surface area contributed by atoms with Crippen LogP contribution >= 0.6 is 15.9 Å². The van der Waals surface area contributed by atoms with Gasteiger partial charge in [0.15, 0.2) is 0 Å². The number of hydrogen-bond acceptors (Lipinski definition) is 3. The number of pyridine rings is 1. The zero-order valence-electron chi connectivity index (χ0n) is 10.6. The van der Waals surface area contributed by atoms with Gasteiger partial charge in [-0.25, -0.2) is 4.79 Å². The maximum atomic E-state index is 12.1. The first-order valence-corrected chi connectivity index (χ1v) is 6.54. The highest BCUT2D eigenvalue weighted by molar-refractivity contribution is 9.10. The van der Waals surface area contributed by atoms with E-state index in [1.165, 1.54) is 12.1 Å². The van der Waals surface area contributed by atoms with Crippen LogP contribution in [0.3, 0.4) is 0 Å². The van der Waals surface area contributed by atoms with Gasteiger partial charge in [0.2, 0.25) is 0 Å². The van der Waals surface area contributed by atoms with E-state index in [1.54, 1.807) is 31.3 Å². The van der Waals surface area contributed by atoms with Crippen molar-refractivity contribution in [1.82, 2.24) is 4.98 Å². The number of benzene rings is 1. The van der Waals surface area contributed by atoms with Crippen molar-refractivity contribution in [3.05, 3.63) is 57.8 Å². The molecule has 102 valence electrons. The average molecular weight is 335 g/mol. The topological polar surface area (TPSA) is 79.3 Å². The number of carbonyl (C=O) groups excluding carboxylic acids is 1. The first-order chi connectivity index (χ1) is 9.49. The monoisotopic (exact) mass is 334 g/mol. The largest absolute Gasteiger partial charge is 0.478 e. The Morgan fingerprint density at radius 1 is 1.30 bits per heavy atom. The molecule has 1 amide bonds. The molecule has 0 spiro atoms. The highest BCUT2D eigenvalue weighted by atomic mass is 79.9. The van der Waals surface area contributed by atoms with Crippen molar-refractivity contribution >= 4 is 33.5 Å². The number of aromatic nitrogens is 1. The zero-order valence-corrected chi connectivity index (χ0v) is 12.1. The first-order valence-electron chi connectivity index (χ1n) is 5.75. The van der Waals surface area contributed by atoms with E-state index in [2.05, 4.69) is 26.2 Å². The minimum absolute atomic E-state index is 0.103. The predicted octanol–water partition coefficient (Wildman–Crippen LogP) is 3.10.